The number of carboxylic acids is 1. The molecule has 2 rings (SSSR count). The number of carboxylic acid groups (broad SMARTS) is 1. The lowest BCUT2D eigenvalue weighted by molar-refractivity contribution is 0.0695. The molecule has 0 bridgehead atoms. The minimum absolute atomic E-state index is 0. The zero-order valence-corrected chi connectivity index (χ0v) is 9.71. The Bertz CT molecular complexity index is 620. The number of hydrogen-bond acceptors (Lipinski definition) is 3. The summed E-state index contributed by atoms with van der Waals surface area (Å²) in [6.07, 6.45) is 1.19. The van der Waals surface area contributed by atoms with Crippen molar-refractivity contribution in [2.75, 3.05) is 7.11 Å². The fourth-order valence-electron chi connectivity index (χ4n) is 1.48. The van der Waals surface area contributed by atoms with E-state index in [9.17, 15) is 9.59 Å². The number of rotatable bonds is 2. The van der Waals surface area contributed by atoms with Gasteiger partial charge in [-0.25, -0.2) is 4.79 Å². The van der Waals surface area contributed by atoms with Gasteiger partial charge in [0.2, 0.25) is 5.43 Å². The number of aromatic carboxylic acids is 1. The molecule has 0 fully saturated rings. The Morgan fingerprint density at radius 3 is 2.71 bits per heavy atom. The van der Waals surface area contributed by atoms with E-state index in [-0.39, 0.29) is 18.0 Å². The Hall–Kier alpha value is -2.01. The number of H-pyrrole nitrogens is 1. The standard InChI is InChI=1S/C11H9NO4.ClH/c1-16-6-2-3-9-7(4-6)10(13)8(5-12-9)11(14)15;/h2-5H,1H3,(H,12,13)(H,14,15);1H. The normalized spacial score (nSPS) is 9.71. The van der Waals surface area contributed by atoms with E-state index in [2.05, 4.69) is 4.98 Å². The van der Waals surface area contributed by atoms with Crippen molar-refractivity contribution in [2.45, 2.75) is 0 Å². The smallest absolute Gasteiger partial charge is 0.341 e. The van der Waals surface area contributed by atoms with Crippen LogP contribution in [-0.4, -0.2) is 23.2 Å². The van der Waals surface area contributed by atoms with Gasteiger partial charge in [0.15, 0.2) is 0 Å². The molecule has 1 aromatic heterocycles. The molecule has 0 unspecified atom stereocenters. The third-order valence-corrected chi connectivity index (χ3v) is 2.32. The van der Waals surface area contributed by atoms with Gasteiger partial charge < -0.3 is 14.8 Å². The first-order valence-electron chi connectivity index (χ1n) is 4.56. The Morgan fingerprint density at radius 1 is 1.41 bits per heavy atom. The van der Waals surface area contributed by atoms with Crippen LogP contribution in [0.4, 0.5) is 0 Å². The molecule has 6 heteroatoms. The highest BCUT2D eigenvalue weighted by Gasteiger charge is 2.11. The Labute approximate surface area is 102 Å². The summed E-state index contributed by atoms with van der Waals surface area (Å²) in [6.45, 7) is 0. The molecule has 0 aliphatic heterocycles. The van der Waals surface area contributed by atoms with Crippen LogP contribution in [0.5, 0.6) is 5.75 Å². The van der Waals surface area contributed by atoms with Gasteiger partial charge in [0.05, 0.1) is 12.5 Å². The summed E-state index contributed by atoms with van der Waals surface area (Å²) < 4.78 is 4.98. The molecule has 0 saturated heterocycles. The topological polar surface area (TPSA) is 79.4 Å². The van der Waals surface area contributed by atoms with Crippen molar-refractivity contribution in [3.05, 3.63) is 40.2 Å². The predicted molar refractivity (Wildman–Crippen MR) is 65.3 cm³/mol. The average molecular weight is 256 g/mol. The van der Waals surface area contributed by atoms with Gasteiger partial charge in [-0.2, -0.15) is 0 Å². The third-order valence-electron chi connectivity index (χ3n) is 2.32. The van der Waals surface area contributed by atoms with Gasteiger partial charge in [-0.05, 0) is 18.2 Å². The van der Waals surface area contributed by atoms with Gasteiger partial charge in [0.1, 0.15) is 11.3 Å². The third kappa shape index (κ3) is 2.24. The molecule has 0 radical (unpaired) electrons. The Kier molecular flexibility index (Phi) is 3.75. The number of methoxy groups -OCH3 is 1. The first-order chi connectivity index (χ1) is 7.63. The van der Waals surface area contributed by atoms with Crippen LogP contribution in [0.25, 0.3) is 10.9 Å². The van der Waals surface area contributed by atoms with E-state index >= 15 is 0 Å². The molecule has 0 aliphatic carbocycles. The number of hydrogen-bond donors (Lipinski definition) is 2. The van der Waals surface area contributed by atoms with Crippen LogP contribution < -0.4 is 10.2 Å². The lowest BCUT2D eigenvalue weighted by Gasteiger charge is -2.02. The van der Waals surface area contributed by atoms with Crippen molar-refractivity contribution in [3.8, 4) is 5.75 Å². The molecule has 0 atom stereocenters. The Morgan fingerprint density at radius 2 is 2.12 bits per heavy atom. The number of benzene rings is 1. The fraction of sp³-hybridized carbons (Fsp3) is 0.0909. The maximum absolute atomic E-state index is 11.8. The number of halogens is 1. The van der Waals surface area contributed by atoms with Gasteiger partial charge in [-0.3, -0.25) is 4.79 Å². The van der Waals surface area contributed by atoms with Crippen molar-refractivity contribution >= 4 is 29.3 Å². The molecular weight excluding hydrogens is 246 g/mol. The molecule has 2 N–H and O–H groups in total. The van der Waals surface area contributed by atoms with Crippen molar-refractivity contribution in [3.63, 3.8) is 0 Å². The van der Waals surface area contributed by atoms with Crippen molar-refractivity contribution in [2.24, 2.45) is 0 Å². The van der Waals surface area contributed by atoms with Gasteiger partial charge in [0.25, 0.3) is 0 Å². The molecular formula is C11H10ClNO4. The highest BCUT2D eigenvalue weighted by atomic mass is 35.5. The summed E-state index contributed by atoms with van der Waals surface area (Å²) in [5.74, 6) is -0.730. The van der Waals surface area contributed by atoms with E-state index in [4.69, 9.17) is 9.84 Å². The molecule has 0 amide bonds. The molecule has 1 aromatic carbocycles. The summed E-state index contributed by atoms with van der Waals surface area (Å²) in [5, 5.41) is 9.11. The maximum Gasteiger partial charge on any atom is 0.341 e. The zero-order valence-electron chi connectivity index (χ0n) is 8.89. The first-order valence-corrected chi connectivity index (χ1v) is 4.56. The summed E-state index contributed by atoms with van der Waals surface area (Å²) in [6, 6.07) is 4.88. The van der Waals surface area contributed by atoms with Gasteiger partial charge >= 0.3 is 5.97 Å². The molecule has 17 heavy (non-hydrogen) atoms. The van der Waals surface area contributed by atoms with E-state index < -0.39 is 11.4 Å². The predicted octanol–water partition coefficient (Wildman–Crippen LogP) is 1.66. The summed E-state index contributed by atoms with van der Waals surface area (Å²) >= 11 is 0. The van der Waals surface area contributed by atoms with Crippen LogP contribution in [0.1, 0.15) is 10.4 Å². The number of nitrogens with one attached hydrogen (secondary N) is 1. The lowest BCUT2D eigenvalue weighted by Crippen LogP contribution is -2.15. The number of aromatic amines is 1. The van der Waals surface area contributed by atoms with Crippen molar-refractivity contribution in [1.82, 2.24) is 4.98 Å². The molecule has 0 spiro atoms. The largest absolute Gasteiger partial charge is 0.497 e. The number of fused-ring (bicyclic) bond motifs is 1. The van der Waals surface area contributed by atoms with Crippen LogP contribution in [0.3, 0.4) is 0 Å². The quantitative estimate of drug-likeness (QED) is 0.855. The number of ether oxygens (including phenoxy) is 1. The molecule has 0 aliphatic rings. The number of carbonyl (C=O) groups is 1. The SMILES string of the molecule is COc1ccc2[nH]cc(C(=O)O)c(=O)c2c1.Cl. The number of aromatic nitrogens is 1. The van der Waals surface area contributed by atoms with Gasteiger partial charge in [0, 0.05) is 11.7 Å². The van der Waals surface area contributed by atoms with E-state index in [0.717, 1.165) is 0 Å². The molecule has 2 aromatic rings. The summed E-state index contributed by atoms with van der Waals surface area (Å²) in [4.78, 5) is 25.3. The second-order valence-electron chi connectivity index (χ2n) is 3.25. The highest BCUT2D eigenvalue weighted by molar-refractivity contribution is 5.92. The minimum atomic E-state index is -1.24. The number of pyridine rings is 1. The van der Waals surface area contributed by atoms with Crippen LogP contribution in [0.15, 0.2) is 29.2 Å². The van der Waals surface area contributed by atoms with Crippen molar-refractivity contribution in [1.29, 1.82) is 0 Å². The maximum atomic E-state index is 11.8. The first kappa shape index (κ1) is 13.1. The summed E-state index contributed by atoms with van der Waals surface area (Å²) in [7, 11) is 1.48. The van der Waals surface area contributed by atoms with Crippen LogP contribution in [0.2, 0.25) is 0 Å². The zero-order chi connectivity index (χ0) is 11.7. The van der Waals surface area contributed by atoms with E-state index in [1.54, 1.807) is 12.1 Å². The Balaban J connectivity index is 0.00000144. The second-order valence-corrected chi connectivity index (χ2v) is 3.25. The molecule has 90 valence electrons. The van der Waals surface area contributed by atoms with Gasteiger partial charge in [-0.15, -0.1) is 12.4 Å². The molecule has 0 saturated carbocycles. The molecule has 5 nitrogen and oxygen atoms in total. The van der Waals surface area contributed by atoms with Crippen LogP contribution in [-0.2, 0) is 0 Å². The molecule has 1 heterocycles. The second kappa shape index (κ2) is 4.88. The van der Waals surface area contributed by atoms with E-state index in [1.807, 2.05) is 0 Å². The van der Waals surface area contributed by atoms with E-state index in [0.29, 0.717) is 16.7 Å². The monoisotopic (exact) mass is 255 g/mol. The van der Waals surface area contributed by atoms with E-state index in [1.165, 1.54) is 19.4 Å². The van der Waals surface area contributed by atoms with Crippen molar-refractivity contribution < 1.29 is 14.6 Å². The van der Waals surface area contributed by atoms with Crippen LogP contribution in [0, 0.1) is 0 Å². The minimum Gasteiger partial charge on any atom is -0.497 e. The highest BCUT2D eigenvalue weighted by Crippen LogP contribution is 2.16. The van der Waals surface area contributed by atoms with Gasteiger partial charge in [-0.1, -0.05) is 0 Å². The average Bonchev–Trinajstić information content (AvgIpc) is 2.28. The lowest BCUT2D eigenvalue weighted by atomic mass is 10.1. The van der Waals surface area contributed by atoms with Crippen LogP contribution >= 0.6 is 12.4 Å². The summed E-state index contributed by atoms with van der Waals surface area (Å²) in [5.41, 5.74) is -0.211. The fourth-order valence-corrected chi connectivity index (χ4v) is 1.48.